The number of morpholine rings is 1. The third-order valence-corrected chi connectivity index (χ3v) is 2.97. The molecule has 110 valence electrons. The highest BCUT2D eigenvalue weighted by molar-refractivity contribution is 5.85. The molecule has 7 heteroatoms. The van der Waals surface area contributed by atoms with Crippen LogP contribution in [0.1, 0.15) is 20.8 Å². The van der Waals surface area contributed by atoms with Crippen LogP contribution in [0.4, 0.5) is 4.79 Å². The predicted octanol–water partition coefficient (Wildman–Crippen LogP) is -0.130. The number of aliphatic carboxylic acids is 1. The van der Waals surface area contributed by atoms with Crippen LogP contribution in [0.15, 0.2) is 0 Å². The molecule has 0 aromatic carbocycles. The number of carboxylic acids is 1. The molecule has 0 radical (unpaired) electrons. The van der Waals surface area contributed by atoms with Gasteiger partial charge in [0.15, 0.2) is 0 Å². The van der Waals surface area contributed by atoms with Crippen molar-refractivity contribution in [3.8, 4) is 0 Å². The van der Waals surface area contributed by atoms with Crippen molar-refractivity contribution in [2.45, 2.75) is 32.4 Å². The number of carboxylic acid groups (broad SMARTS) is 1. The quantitative estimate of drug-likeness (QED) is 0.649. The van der Waals surface area contributed by atoms with E-state index in [0.29, 0.717) is 13.2 Å². The molecule has 19 heavy (non-hydrogen) atoms. The summed E-state index contributed by atoms with van der Waals surface area (Å²) in [7, 11) is 0. The topological polar surface area (TPSA) is 90.9 Å². The monoisotopic (exact) mass is 273 g/mol. The van der Waals surface area contributed by atoms with Crippen LogP contribution in [-0.2, 0) is 9.53 Å². The molecule has 1 atom stereocenters. The van der Waals surface area contributed by atoms with Gasteiger partial charge in [0.2, 0.25) is 0 Å². The molecule has 2 amide bonds. The summed E-state index contributed by atoms with van der Waals surface area (Å²) < 4.78 is 5.25. The zero-order chi connectivity index (χ0) is 14.5. The molecule has 1 fully saturated rings. The average molecular weight is 273 g/mol. The van der Waals surface area contributed by atoms with Gasteiger partial charge in [0.1, 0.15) is 5.54 Å². The van der Waals surface area contributed by atoms with Gasteiger partial charge in [-0.15, -0.1) is 0 Å². The van der Waals surface area contributed by atoms with Crippen LogP contribution in [0, 0.1) is 0 Å². The van der Waals surface area contributed by atoms with E-state index in [0.717, 1.165) is 19.6 Å². The van der Waals surface area contributed by atoms with Crippen molar-refractivity contribution in [2.24, 2.45) is 0 Å². The number of ether oxygens (including phenoxy) is 1. The lowest BCUT2D eigenvalue weighted by Crippen LogP contribution is -2.56. The molecule has 0 aromatic heterocycles. The third kappa shape index (κ3) is 5.44. The summed E-state index contributed by atoms with van der Waals surface area (Å²) in [5, 5.41) is 14.1. The number of nitrogens with zero attached hydrogens (tertiary/aromatic N) is 1. The van der Waals surface area contributed by atoms with Gasteiger partial charge in [-0.1, -0.05) is 0 Å². The molecule has 0 aromatic rings. The summed E-state index contributed by atoms with van der Waals surface area (Å²) in [4.78, 5) is 24.8. The van der Waals surface area contributed by atoms with Crippen LogP contribution in [-0.4, -0.2) is 66.4 Å². The molecule has 1 unspecified atom stereocenters. The molecule has 0 saturated carbocycles. The Kier molecular flexibility index (Phi) is 5.56. The van der Waals surface area contributed by atoms with Crippen LogP contribution in [0.2, 0.25) is 0 Å². The lowest BCUT2D eigenvalue weighted by atomic mass is 10.1. The van der Waals surface area contributed by atoms with Crippen LogP contribution < -0.4 is 10.6 Å². The highest BCUT2D eigenvalue weighted by Crippen LogP contribution is 2.02. The number of hydrogen-bond acceptors (Lipinski definition) is 4. The van der Waals surface area contributed by atoms with E-state index in [9.17, 15) is 9.59 Å². The van der Waals surface area contributed by atoms with Gasteiger partial charge in [0.25, 0.3) is 0 Å². The Hall–Kier alpha value is -1.34. The molecule has 1 aliphatic heterocycles. The summed E-state index contributed by atoms with van der Waals surface area (Å²) in [5.74, 6) is -1.07. The van der Waals surface area contributed by atoms with Crippen molar-refractivity contribution in [2.75, 3.05) is 32.8 Å². The normalized spacial score (nSPS) is 18.7. The van der Waals surface area contributed by atoms with Gasteiger partial charge in [0.05, 0.1) is 13.2 Å². The van der Waals surface area contributed by atoms with E-state index in [1.165, 1.54) is 13.8 Å². The van der Waals surface area contributed by atoms with Crippen LogP contribution >= 0.6 is 0 Å². The first kappa shape index (κ1) is 15.7. The zero-order valence-corrected chi connectivity index (χ0v) is 11.7. The van der Waals surface area contributed by atoms with Gasteiger partial charge in [-0.3, -0.25) is 4.90 Å². The van der Waals surface area contributed by atoms with E-state index in [1.54, 1.807) is 0 Å². The highest BCUT2D eigenvalue weighted by atomic mass is 16.5. The maximum atomic E-state index is 11.7. The number of hydrogen-bond donors (Lipinski definition) is 3. The summed E-state index contributed by atoms with van der Waals surface area (Å²) in [6, 6.07) is -0.518. The largest absolute Gasteiger partial charge is 0.480 e. The van der Waals surface area contributed by atoms with E-state index in [4.69, 9.17) is 9.84 Å². The fourth-order valence-corrected chi connectivity index (χ4v) is 1.81. The Bertz CT molecular complexity index is 327. The van der Waals surface area contributed by atoms with Crippen molar-refractivity contribution < 1.29 is 19.4 Å². The van der Waals surface area contributed by atoms with Gasteiger partial charge in [-0.25, -0.2) is 9.59 Å². The fourth-order valence-electron chi connectivity index (χ4n) is 1.81. The van der Waals surface area contributed by atoms with E-state index in [2.05, 4.69) is 15.5 Å². The molecular formula is C12H23N3O4. The summed E-state index contributed by atoms with van der Waals surface area (Å²) in [5.41, 5.74) is -1.28. The number of nitrogens with one attached hydrogen (secondary N) is 2. The minimum absolute atomic E-state index is 0.0531. The van der Waals surface area contributed by atoms with Gasteiger partial charge in [0, 0.05) is 25.7 Å². The maximum Gasteiger partial charge on any atom is 0.328 e. The van der Waals surface area contributed by atoms with Crippen LogP contribution in [0.25, 0.3) is 0 Å². The fraction of sp³-hybridized carbons (Fsp3) is 0.833. The first-order valence-electron chi connectivity index (χ1n) is 6.43. The molecule has 1 aliphatic rings. The first-order chi connectivity index (χ1) is 8.81. The van der Waals surface area contributed by atoms with Gasteiger partial charge < -0.3 is 20.5 Å². The lowest BCUT2D eigenvalue weighted by Gasteiger charge is -2.30. The van der Waals surface area contributed by atoms with E-state index in [-0.39, 0.29) is 6.04 Å². The van der Waals surface area contributed by atoms with Crippen molar-refractivity contribution in [3.63, 3.8) is 0 Å². The Morgan fingerprint density at radius 1 is 1.37 bits per heavy atom. The number of urea groups is 1. The SMILES string of the molecule is CC(CN1CCOCC1)NC(=O)NC(C)(C)C(=O)O. The van der Waals surface area contributed by atoms with Gasteiger partial charge in [-0.05, 0) is 20.8 Å². The van der Waals surface area contributed by atoms with Crippen LogP contribution in [0.5, 0.6) is 0 Å². The number of carbonyl (C=O) groups is 2. The molecule has 0 aliphatic carbocycles. The lowest BCUT2D eigenvalue weighted by molar-refractivity contribution is -0.142. The average Bonchev–Trinajstić information content (AvgIpc) is 2.28. The Morgan fingerprint density at radius 2 is 1.95 bits per heavy atom. The van der Waals surface area contributed by atoms with Gasteiger partial charge >= 0.3 is 12.0 Å². The maximum absolute atomic E-state index is 11.7. The molecule has 1 saturated heterocycles. The molecule has 0 spiro atoms. The van der Waals surface area contributed by atoms with Crippen molar-refractivity contribution >= 4 is 12.0 Å². The van der Waals surface area contributed by atoms with Crippen molar-refractivity contribution in [1.82, 2.24) is 15.5 Å². The summed E-state index contributed by atoms with van der Waals surface area (Å²) in [6.07, 6.45) is 0. The molecule has 1 rings (SSSR count). The van der Waals surface area contributed by atoms with Crippen LogP contribution in [0.3, 0.4) is 0 Å². The van der Waals surface area contributed by atoms with Gasteiger partial charge in [-0.2, -0.15) is 0 Å². The zero-order valence-electron chi connectivity index (χ0n) is 11.7. The Balaban J connectivity index is 2.33. The number of rotatable bonds is 5. The minimum atomic E-state index is -1.28. The summed E-state index contributed by atoms with van der Waals surface area (Å²) >= 11 is 0. The standard InChI is InChI=1S/C12H23N3O4/c1-9(8-15-4-6-19-7-5-15)13-11(18)14-12(2,3)10(16)17/h9H,4-8H2,1-3H3,(H,16,17)(H2,13,14,18). The summed E-state index contributed by atoms with van der Waals surface area (Å²) in [6.45, 7) is 8.65. The second kappa shape index (κ2) is 6.72. The highest BCUT2D eigenvalue weighted by Gasteiger charge is 2.29. The first-order valence-corrected chi connectivity index (χ1v) is 6.43. The smallest absolute Gasteiger partial charge is 0.328 e. The molecule has 1 heterocycles. The van der Waals surface area contributed by atoms with E-state index < -0.39 is 17.5 Å². The third-order valence-electron chi connectivity index (χ3n) is 2.97. The molecule has 7 nitrogen and oxygen atoms in total. The number of carbonyl (C=O) groups excluding carboxylic acids is 1. The van der Waals surface area contributed by atoms with E-state index >= 15 is 0 Å². The number of amides is 2. The second-order valence-electron chi connectivity index (χ2n) is 5.34. The molecule has 0 bridgehead atoms. The van der Waals surface area contributed by atoms with E-state index in [1.807, 2.05) is 6.92 Å². The Labute approximate surface area is 113 Å². The molecule has 3 N–H and O–H groups in total. The Morgan fingerprint density at radius 3 is 2.47 bits per heavy atom. The molecular weight excluding hydrogens is 250 g/mol. The minimum Gasteiger partial charge on any atom is -0.480 e. The van der Waals surface area contributed by atoms with Crippen molar-refractivity contribution in [3.05, 3.63) is 0 Å². The predicted molar refractivity (Wildman–Crippen MR) is 70.1 cm³/mol. The van der Waals surface area contributed by atoms with Crippen molar-refractivity contribution in [1.29, 1.82) is 0 Å². The second-order valence-corrected chi connectivity index (χ2v) is 5.34.